The lowest BCUT2D eigenvalue weighted by Gasteiger charge is -2.03. The largest absolute Gasteiger partial charge is 0.505 e. The van der Waals surface area contributed by atoms with E-state index in [1.807, 2.05) is 0 Å². The van der Waals surface area contributed by atoms with E-state index in [2.05, 4.69) is 4.99 Å². The molecule has 0 spiro atoms. The summed E-state index contributed by atoms with van der Waals surface area (Å²) in [5.74, 6) is 0.475. The lowest BCUT2D eigenvalue weighted by molar-refractivity contribution is 0.0940. The molecule has 0 saturated heterocycles. The highest BCUT2D eigenvalue weighted by atomic mass is 35.5. The van der Waals surface area contributed by atoms with Gasteiger partial charge in [-0.1, -0.05) is 11.6 Å². The van der Waals surface area contributed by atoms with Gasteiger partial charge >= 0.3 is 0 Å². The van der Waals surface area contributed by atoms with E-state index in [1.54, 1.807) is 49.6 Å². The number of carbonyl (C=O) groups excluding carboxylic acids is 1. The molecule has 0 aliphatic heterocycles. The van der Waals surface area contributed by atoms with Crippen LogP contribution < -0.4 is 4.74 Å². The molecule has 0 amide bonds. The summed E-state index contributed by atoms with van der Waals surface area (Å²) >= 11 is 5.98. The van der Waals surface area contributed by atoms with Crippen molar-refractivity contribution in [3.05, 3.63) is 53.2 Å². The van der Waals surface area contributed by atoms with Crippen molar-refractivity contribution >= 4 is 40.3 Å². The predicted octanol–water partition coefficient (Wildman–Crippen LogP) is 4.42. The van der Waals surface area contributed by atoms with Crippen LogP contribution in [0.25, 0.3) is 10.9 Å². The van der Waals surface area contributed by atoms with E-state index in [1.165, 1.54) is 17.7 Å². The number of ether oxygens (including phenoxy) is 1. The summed E-state index contributed by atoms with van der Waals surface area (Å²) in [5, 5.41) is 11.5. The topological polar surface area (TPSA) is 63.8 Å². The number of fused-ring (bicyclic) bond motifs is 1. The molecule has 0 atom stereocenters. The quantitative estimate of drug-likeness (QED) is 0.716. The fourth-order valence-electron chi connectivity index (χ4n) is 2.53. The number of aliphatic imine (C=N–C) groups is 1. The number of carbonyl (C=O) groups is 1. The van der Waals surface area contributed by atoms with Crippen LogP contribution in [0.2, 0.25) is 5.02 Å². The van der Waals surface area contributed by atoms with E-state index < -0.39 is 0 Å². The Kier molecular flexibility index (Phi) is 4.27. The molecule has 0 radical (unpaired) electrons. The van der Waals surface area contributed by atoms with Gasteiger partial charge in [0.05, 0.1) is 24.5 Å². The van der Waals surface area contributed by atoms with E-state index in [0.717, 1.165) is 5.75 Å². The number of hydrogen-bond donors (Lipinski definition) is 1. The Bertz CT molecular complexity index is 943. The van der Waals surface area contributed by atoms with Crippen LogP contribution in [0.15, 0.2) is 47.5 Å². The molecule has 0 aliphatic rings. The minimum absolute atomic E-state index is 0.0278. The van der Waals surface area contributed by atoms with E-state index in [-0.39, 0.29) is 11.7 Å². The molecule has 3 rings (SSSR count). The van der Waals surface area contributed by atoms with Gasteiger partial charge in [0, 0.05) is 17.3 Å². The van der Waals surface area contributed by atoms with Gasteiger partial charge in [0.15, 0.2) is 5.75 Å². The number of nitrogens with zero attached hydrogens (tertiary/aromatic N) is 2. The number of methoxy groups -OCH3 is 1. The number of rotatable bonds is 3. The first-order valence-corrected chi connectivity index (χ1v) is 7.61. The molecule has 6 heteroatoms. The number of hydrogen-bond acceptors (Lipinski definition) is 4. The zero-order chi connectivity index (χ0) is 17.3. The summed E-state index contributed by atoms with van der Waals surface area (Å²) in [7, 11) is 1.59. The first kappa shape index (κ1) is 16.1. The van der Waals surface area contributed by atoms with Crippen molar-refractivity contribution < 1.29 is 14.6 Å². The van der Waals surface area contributed by atoms with E-state index >= 15 is 0 Å². The fourth-order valence-corrected chi connectivity index (χ4v) is 2.70. The molecular weight excluding hydrogens is 328 g/mol. The molecule has 1 heterocycles. The van der Waals surface area contributed by atoms with Crippen LogP contribution in [-0.4, -0.2) is 28.9 Å². The summed E-state index contributed by atoms with van der Waals surface area (Å²) in [6, 6.07) is 12.1. The lowest BCUT2D eigenvalue weighted by atomic mass is 10.2. The molecule has 0 saturated carbocycles. The van der Waals surface area contributed by atoms with Gasteiger partial charge < -0.3 is 9.84 Å². The standard InChI is InChI=1S/C18H15ClN2O3/c1-11(22)21-16-8-3-12(19)9-15(16)18(23)17(21)10-20-13-4-6-14(24-2)7-5-13/h3-10,23H,1-2H3. The minimum Gasteiger partial charge on any atom is -0.505 e. The van der Waals surface area contributed by atoms with Crippen molar-refractivity contribution in [2.75, 3.05) is 7.11 Å². The molecule has 3 aromatic rings. The highest BCUT2D eigenvalue weighted by Crippen LogP contribution is 2.33. The normalized spacial score (nSPS) is 11.3. The molecule has 122 valence electrons. The second-order valence-corrected chi connectivity index (χ2v) is 5.64. The maximum absolute atomic E-state index is 12.0. The summed E-state index contributed by atoms with van der Waals surface area (Å²) in [6.45, 7) is 1.43. The van der Waals surface area contributed by atoms with Crippen molar-refractivity contribution in [3.63, 3.8) is 0 Å². The maximum Gasteiger partial charge on any atom is 0.228 e. The fraction of sp³-hybridized carbons (Fsp3) is 0.111. The Morgan fingerprint density at radius 3 is 2.58 bits per heavy atom. The summed E-state index contributed by atoms with van der Waals surface area (Å²) < 4.78 is 6.51. The van der Waals surface area contributed by atoms with Gasteiger partial charge in [0.2, 0.25) is 5.91 Å². The van der Waals surface area contributed by atoms with Crippen molar-refractivity contribution in [1.82, 2.24) is 4.57 Å². The van der Waals surface area contributed by atoms with Crippen LogP contribution in [-0.2, 0) is 0 Å². The van der Waals surface area contributed by atoms with Crippen LogP contribution in [0.5, 0.6) is 11.5 Å². The second-order valence-electron chi connectivity index (χ2n) is 5.21. The van der Waals surface area contributed by atoms with Gasteiger partial charge in [-0.2, -0.15) is 0 Å². The van der Waals surface area contributed by atoms with Gasteiger partial charge in [0.25, 0.3) is 0 Å². The van der Waals surface area contributed by atoms with E-state index in [0.29, 0.717) is 27.3 Å². The monoisotopic (exact) mass is 342 g/mol. The van der Waals surface area contributed by atoms with Crippen LogP contribution in [0.3, 0.4) is 0 Å². The molecule has 0 unspecified atom stereocenters. The molecule has 0 aliphatic carbocycles. The third kappa shape index (κ3) is 2.86. The zero-order valence-electron chi connectivity index (χ0n) is 13.2. The number of benzene rings is 2. The van der Waals surface area contributed by atoms with Gasteiger partial charge in [-0.3, -0.25) is 14.4 Å². The highest BCUT2D eigenvalue weighted by molar-refractivity contribution is 6.31. The Morgan fingerprint density at radius 1 is 1.25 bits per heavy atom. The average molecular weight is 343 g/mol. The van der Waals surface area contributed by atoms with Crippen molar-refractivity contribution in [2.24, 2.45) is 4.99 Å². The summed E-state index contributed by atoms with van der Waals surface area (Å²) in [5.41, 5.74) is 1.57. The average Bonchev–Trinajstić information content (AvgIpc) is 2.85. The van der Waals surface area contributed by atoms with E-state index in [9.17, 15) is 9.90 Å². The molecule has 1 N–H and O–H groups in total. The van der Waals surface area contributed by atoms with E-state index in [4.69, 9.17) is 16.3 Å². The number of aromatic nitrogens is 1. The van der Waals surface area contributed by atoms with Crippen LogP contribution in [0.4, 0.5) is 5.69 Å². The van der Waals surface area contributed by atoms with Gasteiger partial charge in [-0.05, 0) is 42.5 Å². The first-order valence-electron chi connectivity index (χ1n) is 7.23. The Hall–Kier alpha value is -2.79. The molecule has 1 aromatic heterocycles. The van der Waals surface area contributed by atoms with Gasteiger partial charge in [0.1, 0.15) is 11.4 Å². The van der Waals surface area contributed by atoms with Gasteiger partial charge in [-0.25, -0.2) is 0 Å². The molecule has 0 fully saturated rings. The molecule has 2 aromatic carbocycles. The molecule has 0 bridgehead atoms. The summed E-state index contributed by atoms with van der Waals surface area (Å²) in [4.78, 5) is 16.3. The summed E-state index contributed by atoms with van der Waals surface area (Å²) in [6.07, 6.45) is 1.46. The Morgan fingerprint density at radius 2 is 1.96 bits per heavy atom. The molecule has 5 nitrogen and oxygen atoms in total. The Labute approximate surface area is 143 Å². The van der Waals surface area contributed by atoms with Crippen LogP contribution in [0.1, 0.15) is 17.4 Å². The maximum atomic E-state index is 12.0. The van der Waals surface area contributed by atoms with Crippen LogP contribution in [0, 0.1) is 0 Å². The smallest absolute Gasteiger partial charge is 0.228 e. The zero-order valence-corrected chi connectivity index (χ0v) is 13.9. The van der Waals surface area contributed by atoms with Crippen molar-refractivity contribution in [2.45, 2.75) is 6.92 Å². The number of aromatic hydroxyl groups is 1. The first-order chi connectivity index (χ1) is 11.5. The molecule has 24 heavy (non-hydrogen) atoms. The third-order valence-electron chi connectivity index (χ3n) is 3.66. The number of halogens is 1. The highest BCUT2D eigenvalue weighted by Gasteiger charge is 2.18. The minimum atomic E-state index is -0.223. The second kappa shape index (κ2) is 6.37. The van der Waals surface area contributed by atoms with Gasteiger partial charge in [-0.15, -0.1) is 0 Å². The lowest BCUT2D eigenvalue weighted by Crippen LogP contribution is -2.08. The molecular formula is C18H15ClN2O3. The van der Waals surface area contributed by atoms with Crippen molar-refractivity contribution in [3.8, 4) is 11.5 Å². The SMILES string of the molecule is COc1ccc(N=Cc2c(O)c3cc(Cl)ccc3n2C(C)=O)cc1. The van der Waals surface area contributed by atoms with Crippen molar-refractivity contribution in [1.29, 1.82) is 0 Å². The Balaban J connectivity index is 2.10. The van der Waals surface area contributed by atoms with Crippen LogP contribution >= 0.6 is 11.6 Å². The predicted molar refractivity (Wildman–Crippen MR) is 95.2 cm³/mol. The third-order valence-corrected chi connectivity index (χ3v) is 3.90.